The highest BCUT2D eigenvalue weighted by Gasteiger charge is 2.06. The Labute approximate surface area is 109 Å². The molecule has 98 valence electrons. The summed E-state index contributed by atoms with van der Waals surface area (Å²) in [6, 6.07) is 8.15. The highest BCUT2D eigenvalue weighted by Crippen LogP contribution is 2.28. The molecule has 1 aromatic heterocycles. The second-order valence-electron chi connectivity index (χ2n) is 4.06. The summed E-state index contributed by atoms with van der Waals surface area (Å²) in [5, 5.41) is 1.05. The van der Waals surface area contributed by atoms with Crippen molar-refractivity contribution in [3.05, 3.63) is 30.0 Å². The average molecular weight is 246 g/mol. The molecule has 0 unspecified atom stereocenters. The Morgan fingerprint density at radius 3 is 2.33 bits per heavy atom. The second-order valence-corrected chi connectivity index (χ2v) is 4.06. The number of benzene rings is 1. The van der Waals surface area contributed by atoms with Crippen molar-refractivity contribution in [3.8, 4) is 5.75 Å². The SMILES string of the molecule is CC.COc1cc(C)nc2ccc(N(C)C)cc12. The minimum absolute atomic E-state index is 0.881. The second kappa shape index (κ2) is 6.24. The molecule has 0 spiro atoms. The topological polar surface area (TPSA) is 25.4 Å². The Morgan fingerprint density at radius 1 is 1.11 bits per heavy atom. The number of methoxy groups -OCH3 is 1. The van der Waals surface area contributed by atoms with Crippen LogP contribution < -0.4 is 9.64 Å². The third-order valence-corrected chi connectivity index (χ3v) is 2.62. The Kier molecular flexibility index (Phi) is 4.95. The zero-order chi connectivity index (χ0) is 13.7. The lowest BCUT2D eigenvalue weighted by atomic mass is 10.1. The number of hydrogen-bond acceptors (Lipinski definition) is 3. The molecule has 0 saturated heterocycles. The van der Waals surface area contributed by atoms with E-state index >= 15 is 0 Å². The molecule has 0 N–H and O–H groups in total. The Morgan fingerprint density at radius 2 is 1.78 bits per heavy atom. The predicted molar refractivity (Wildman–Crippen MR) is 78.7 cm³/mol. The van der Waals surface area contributed by atoms with Crippen LogP contribution in [0.5, 0.6) is 5.75 Å². The van der Waals surface area contributed by atoms with E-state index in [2.05, 4.69) is 22.0 Å². The fourth-order valence-electron chi connectivity index (χ4n) is 1.76. The van der Waals surface area contributed by atoms with Crippen LogP contribution in [0.4, 0.5) is 5.69 Å². The normalized spacial score (nSPS) is 9.67. The zero-order valence-corrected chi connectivity index (χ0v) is 12.1. The van der Waals surface area contributed by atoms with Gasteiger partial charge in [-0.15, -0.1) is 0 Å². The zero-order valence-electron chi connectivity index (χ0n) is 12.1. The van der Waals surface area contributed by atoms with Gasteiger partial charge in [0.2, 0.25) is 0 Å². The molecule has 0 aliphatic heterocycles. The number of aromatic nitrogens is 1. The van der Waals surface area contributed by atoms with Crippen LogP contribution in [0, 0.1) is 6.92 Å². The minimum Gasteiger partial charge on any atom is -0.496 e. The lowest BCUT2D eigenvalue weighted by Gasteiger charge is -2.14. The van der Waals surface area contributed by atoms with E-state index in [1.807, 2.05) is 47.0 Å². The lowest BCUT2D eigenvalue weighted by Crippen LogP contribution is -2.08. The summed E-state index contributed by atoms with van der Waals surface area (Å²) < 4.78 is 5.38. The summed E-state index contributed by atoms with van der Waals surface area (Å²) in [7, 11) is 5.74. The van der Waals surface area contributed by atoms with Gasteiger partial charge in [0.25, 0.3) is 0 Å². The number of aryl methyl sites for hydroxylation is 1. The number of anilines is 1. The molecule has 2 aromatic rings. The molecule has 0 radical (unpaired) electrons. The van der Waals surface area contributed by atoms with E-state index in [9.17, 15) is 0 Å². The molecule has 18 heavy (non-hydrogen) atoms. The van der Waals surface area contributed by atoms with Crippen molar-refractivity contribution >= 4 is 16.6 Å². The van der Waals surface area contributed by atoms with Crippen molar-refractivity contribution in [1.82, 2.24) is 4.98 Å². The monoisotopic (exact) mass is 246 g/mol. The number of nitrogens with zero attached hydrogens (tertiary/aromatic N) is 2. The van der Waals surface area contributed by atoms with Crippen LogP contribution in [0.3, 0.4) is 0 Å². The maximum Gasteiger partial charge on any atom is 0.130 e. The van der Waals surface area contributed by atoms with Crippen molar-refractivity contribution in [2.45, 2.75) is 20.8 Å². The molecular formula is C15H22N2O. The van der Waals surface area contributed by atoms with Gasteiger partial charge in [-0.05, 0) is 25.1 Å². The Balaban J connectivity index is 0.000000771. The molecular weight excluding hydrogens is 224 g/mol. The van der Waals surface area contributed by atoms with Gasteiger partial charge in [-0.2, -0.15) is 0 Å². The number of rotatable bonds is 2. The van der Waals surface area contributed by atoms with Crippen molar-refractivity contribution in [3.63, 3.8) is 0 Å². The number of hydrogen-bond donors (Lipinski definition) is 0. The molecule has 2 rings (SSSR count). The number of pyridine rings is 1. The first kappa shape index (κ1) is 14.3. The average Bonchev–Trinajstić information content (AvgIpc) is 2.39. The summed E-state index contributed by atoms with van der Waals surface area (Å²) in [6.07, 6.45) is 0. The van der Waals surface area contributed by atoms with Crippen LogP contribution in [0.2, 0.25) is 0 Å². The molecule has 1 aromatic carbocycles. The van der Waals surface area contributed by atoms with Gasteiger partial charge in [0.15, 0.2) is 0 Å². The van der Waals surface area contributed by atoms with Gasteiger partial charge in [0, 0.05) is 36.9 Å². The van der Waals surface area contributed by atoms with Crippen LogP contribution in [0.15, 0.2) is 24.3 Å². The molecule has 1 heterocycles. The van der Waals surface area contributed by atoms with Crippen molar-refractivity contribution in [1.29, 1.82) is 0 Å². The van der Waals surface area contributed by atoms with E-state index < -0.39 is 0 Å². The summed E-state index contributed by atoms with van der Waals surface area (Å²) >= 11 is 0. The van der Waals surface area contributed by atoms with Crippen LogP contribution in [0.1, 0.15) is 19.5 Å². The molecule has 0 fully saturated rings. The summed E-state index contributed by atoms with van der Waals surface area (Å²) in [5.41, 5.74) is 3.10. The summed E-state index contributed by atoms with van der Waals surface area (Å²) in [5.74, 6) is 0.881. The van der Waals surface area contributed by atoms with Gasteiger partial charge in [0.1, 0.15) is 5.75 Å². The van der Waals surface area contributed by atoms with Crippen molar-refractivity contribution < 1.29 is 4.74 Å². The standard InChI is InChI=1S/C13H16N2O.C2H6/c1-9-7-13(16-4)11-8-10(15(2)3)5-6-12(11)14-9;1-2/h5-8H,1-4H3;1-2H3. The first-order valence-corrected chi connectivity index (χ1v) is 6.24. The van der Waals surface area contributed by atoms with E-state index in [4.69, 9.17) is 4.74 Å². The van der Waals surface area contributed by atoms with Crippen LogP contribution in [-0.4, -0.2) is 26.2 Å². The van der Waals surface area contributed by atoms with Gasteiger partial charge in [-0.25, -0.2) is 0 Å². The van der Waals surface area contributed by atoms with Crippen LogP contribution in [-0.2, 0) is 0 Å². The van der Waals surface area contributed by atoms with E-state index in [0.29, 0.717) is 0 Å². The Bertz CT molecular complexity index is 521. The fourth-order valence-corrected chi connectivity index (χ4v) is 1.76. The predicted octanol–water partition coefficient (Wildman–Crippen LogP) is 3.64. The van der Waals surface area contributed by atoms with Gasteiger partial charge in [-0.3, -0.25) is 4.98 Å². The van der Waals surface area contributed by atoms with Crippen LogP contribution in [0.25, 0.3) is 10.9 Å². The van der Waals surface area contributed by atoms with E-state index in [-0.39, 0.29) is 0 Å². The first-order valence-electron chi connectivity index (χ1n) is 6.24. The number of ether oxygens (including phenoxy) is 1. The van der Waals surface area contributed by atoms with Gasteiger partial charge >= 0.3 is 0 Å². The fraction of sp³-hybridized carbons (Fsp3) is 0.400. The van der Waals surface area contributed by atoms with Crippen LogP contribution >= 0.6 is 0 Å². The quantitative estimate of drug-likeness (QED) is 0.809. The molecule has 3 nitrogen and oxygen atoms in total. The van der Waals surface area contributed by atoms with Crippen molar-refractivity contribution in [2.24, 2.45) is 0 Å². The maximum atomic E-state index is 5.38. The molecule has 0 aliphatic rings. The van der Waals surface area contributed by atoms with Gasteiger partial charge < -0.3 is 9.64 Å². The third-order valence-electron chi connectivity index (χ3n) is 2.62. The molecule has 0 amide bonds. The van der Waals surface area contributed by atoms with Crippen molar-refractivity contribution in [2.75, 3.05) is 26.1 Å². The molecule has 0 saturated carbocycles. The molecule has 3 heteroatoms. The smallest absolute Gasteiger partial charge is 0.130 e. The highest BCUT2D eigenvalue weighted by atomic mass is 16.5. The molecule has 0 aliphatic carbocycles. The minimum atomic E-state index is 0.881. The third kappa shape index (κ3) is 2.92. The largest absolute Gasteiger partial charge is 0.496 e. The molecule has 0 bridgehead atoms. The summed E-state index contributed by atoms with van der Waals surface area (Å²) in [6.45, 7) is 5.97. The Hall–Kier alpha value is -1.77. The summed E-state index contributed by atoms with van der Waals surface area (Å²) in [4.78, 5) is 6.55. The first-order chi connectivity index (χ1) is 8.61. The molecule has 0 atom stereocenters. The lowest BCUT2D eigenvalue weighted by molar-refractivity contribution is 0.419. The van der Waals surface area contributed by atoms with E-state index in [0.717, 1.165) is 28.0 Å². The van der Waals surface area contributed by atoms with E-state index in [1.165, 1.54) is 0 Å². The number of fused-ring (bicyclic) bond motifs is 1. The highest BCUT2D eigenvalue weighted by molar-refractivity contribution is 5.88. The maximum absolute atomic E-state index is 5.38. The van der Waals surface area contributed by atoms with Gasteiger partial charge in [0.05, 0.1) is 12.6 Å². The van der Waals surface area contributed by atoms with Gasteiger partial charge in [-0.1, -0.05) is 13.8 Å². The van der Waals surface area contributed by atoms with E-state index in [1.54, 1.807) is 7.11 Å².